The number of aliphatic imine (C=N–C) groups is 1. The van der Waals surface area contributed by atoms with E-state index in [0.29, 0.717) is 15.8 Å². The van der Waals surface area contributed by atoms with Crippen LogP contribution in [0.25, 0.3) is 28.2 Å². The number of carbonyl (C=O) groups excluding carboxylic acids is 1. The lowest BCUT2D eigenvalue weighted by Gasteiger charge is -2.13. The molecule has 9 heteroatoms. The largest absolute Gasteiger partial charge is 0.457 e. The number of carbonyl (C=O) groups is 1. The van der Waals surface area contributed by atoms with Crippen molar-refractivity contribution in [3.63, 3.8) is 0 Å². The van der Waals surface area contributed by atoms with Crippen LogP contribution in [0.5, 0.6) is 0 Å². The van der Waals surface area contributed by atoms with E-state index in [2.05, 4.69) is 6.58 Å². The zero-order valence-electron chi connectivity index (χ0n) is 19.1. The summed E-state index contributed by atoms with van der Waals surface area (Å²) in [5, 5.41) is 2.59. The van der Waals surface area contributed by atoms with Gasteiger partial charge in [0.05, 0.1) is 21.2 Å². The second-order valence-electron chi connectivity index (χ2n) is 8.10. The molecule has 37 heavy (non-hydrogen) atoms. The second-order valence-corrected chi connectivity index (χ2v) is 9.52. The van der Waals surface area contributed by atoms with Gasteiger partial charge in [-0.3, -0.25) is 9.69 Å². The summed E-state index contributed by atoms with van der Waals surface area (Å²) in [6.45, 7) is 4.00. The summed E-state index contributed by atoms with van der Waals surface area (Å²) in [5.74, 6) is 0.175. The van der Waals surface area contributed by atoms with Crippen molar-refractivity contribution in [2.24, 2.45) is 4.99 Å². The smallest absolute Gasteiger partial charge is 0.416 e. The third kappa shape index (κ3) is 5.08. The Morgan fingerprint density at radius 3 is 2.62 bits per heavy atom. The Balaban J connectivity index is 1.49. The molecule has 0 spiro atoms. The number of fused-ring (bicyclic) bond motifs is 1. The number of hydrogen-bond donors (Lipinski definition) is 0. The SMILES string of the molecule is C=CCN1C(=O)C(=Cc2ccc(-c3cc(C(F)(F)F)ccc3Cl)o2)SC1=Nc1cccc2ccccc12. The van der Waals surface area contributed by atoms with Crippen molar-refractivity contribution in [1.29, 1.82) is 0 Å². The number of nitrogens with zero attached hydrogens (tertiary/aromatic N) is 2. The second kappa shape index (κ2) is 9.95. The fraction of sp³-hybridized carbons (Fsp3) is 0.0714. The van der Waals surface area contributed by atoms with Crippen LogP contribution in [0.2, 0.25) is 5.02 Å². The van der Waals surface area contributed by atoms with Crippen LogP contribution in [-0.2, 0) is 11.0 Å². The average molecular weight is 539 g/mol. The maximum Gasteiger partial charge on any atom is 0.416 e. The molecule has 3 aromatic carbocycles. The summed E-state index contributed by atoms with van der Waals surface area (Å²) in [6, 6.07) is 19.7. The number of benzene rings is 3. The van der Waals surface area contributed by atoms with E-state index >= 15 is 0 Å². The summed E-state index contributed by atoms with van der Waals surface area (Å²) in [6.07, 6.45) is -1.36. The van der Waals surface area contributed by atoms with Gasteiger partial charge in [-0.2, -0.15) is 13.2 Å². The van der Waals surface area contributed by atoms with Crippen LogP contribution in [0.1, 0.15) is 11.3 Å². The van der Waals surface area contributed by atoms with Gasteiger partial charge in [0.2, 0.25) is 0 Å². The highest BCUT2D eigenvalue weighted by molar-refractivity contribution is 8.18. The van der Waals surface area contributed by atoms with Crippen molar-refractivity contribution in [2.45, 2.75) is 6.18 Å². The van der Waals surface area contributed by atoms with Gasteiger partial charge < -0.3 is 4.42 Å². The lowest BCUT2D eigenvalue weighted by Crippen LogP contribution is -2.29. The van der Waals surface area contributed by atoms with Crippen molar-refractivity contribution in [1.82, 2.24) is 4.90 Å². The molecule has 0 atom stereocenters. The van der Waals surface area contributed by atoms with Crippen molar-refractivity contribution >= 4 is 57.0 Å². The molecule has 1 aliphatic rings. The number of halogens is 4. The predicted octanol–water partition coefficient (Wildman–Crippen LogP) is 8.56. The molecule has 1 amide bonds. The van der Waals surface area contributed by atoms with E-state index < -0.39 is 11.7 Å². The number of rotatable bonds is 5. The molecule has 4 nitrogen and oxygen atoms in total. The summed E-state index contributed by atoms with van der Waals surface area (Å²) in [7, 11) is 0. The number of hydrogen-bond acceptors (Lipinski definition) is 4. The molecule has 2 heterocycles. The maximum atomic E-state index is 13.2. The number of thioether (sulfide) groups is 1. The lowest BCUT2D eigenvalue weighted by molar-refractivity contribution is -0.137. The first-order valence-electron chi connectivity index (χ1n) is 11.1. The van der Waals surface area contributed by atoms with Crippen LogP contribution < -0.4 is 0 Å². The van der Waals surface area contributed by atoms with Crippen molar-refractivity contribution in [3.05, 3.63) is 107 Å². The van der Waals surface area contributed by atoms with Gasteiger partial charge in [-0.25, -0.2) is 4.99 Å². The molecule has 0 N–H and O–H groups in total. The van der Waals surface area contributed by atoms with Crippen LogP contribution in [-0.4, -0.2) is 22.5 Å². The molecule has 0 saturated carbocycles. The Hall–Kier alpha value is -3.75. The van der Waals surface area contributed by atoms with Crippen molar-refractivity contribution < 1.29 is 22.4 Å². The quantitative estimate of drug-likeness (QED) is 0.189. The highest BCUT2D eigenvalue weighted by Crippen LogP contribution is 2.39. The van der Waals surface area contributed by atoms with Gasteiger partial charge in [0, 0.05) is 23.6 Å². The highest BCUT2D eigenvalue weighted by atomic mass is 35.5. The van der Waals surface area contributed by atoms with Crippen LogP contribution in [0.3, 0.4) is 0 Å². The van der Waals surface area contributed by atoms with Crippen LogP contribution >= 0.6 is 23.4 Å². The standard InChI is InChI=1S/C28H18ClF3N2O2S/c1-2-14-34-26(35)25(37-27(34)33-23-9-5-7-17-6-3-4-8-20(17)23)16-19-11-13-24(36-19)21-15-18(28(30,31)32)10-12-22(21)29/h2-13,15-16H,1,14H2. The Bertz CT molecular complexity index is 1580. The van der Waals surface area contributed by atoms with Gasteiger partial charge in [-0.1, -0.05) is 54.1 Å². The van der Waals surface area contributed by atoms with Crippen molar-refractivity contribution in [3.8, 4) is 11.3 Å². The maximum absolute atomic E-state index is 13.2. The predicted molar refractivity (Wildman–Crippen MR) is 143 cm³/mol. The normalized spacial score (nSPS) is 16.3. The molecule has 0 unspecified atom stereocenters. The highest BCUT2D eigenvalue weighted by Gasteiger charge is 2.33. The van der Waals surface area contributed by atoms with Gasteiger partial charge >= 0.3 is 6.18 Å². The third-order valence-corrected chi connectivity index (χ3v) is 6.98. The minimum Gasteiger partial charge on any atom is -0.457 e. The molecule has 1 saturated heterocycles. The van der Waals surface area contributed by atoms with E-state index in [4.69, 9.17) is 21.0 Å². The molecule has 0 radical (unpaired) electrons. The minimum absolute atomic E-state index is 0.109. The third-order valence-electron chi connectivity index (χ3n) is 5.64. The monoisotopic (exact) mass is 538 g/mol. The molecule has 1 aliphatic heterocycles. The topological polar surface area (TPSA) is 45.8 Å². The number of amidine groups is 1. The van der Waals surface area contributed by atoms with Gasteiger partial charge in [0.15, 0.2) is 5.17 Å². The molecule has 1 aromatic heterocycles. The lowest BCUT2D eigenvalue weighted by atomic mass is 10.1. The van der Waals surface area contributed by atoms with Gasteiger partial charge in [-0.05, 0) is 53.5 Å². The van der Waals surface area contributed by atoms with Crippen LogP contribution in [0.4, 0.5) is 18.9 Å². The Morgan fingerprint density at radius 1 is 1.05 bits per heavy atom. The van der Waals surface area contributed by atoms with Gasteiger partial charge in [-0.15, -0.1) is 6.58 Å². The molecular weight excluding hydrogens is 521 g/mol. The fourth-order valence-electron chi connectivity index (χ4n) is 3.89. The molecule has 186 valence electrons. The first-order valence-corrected chi connectivity index (χ1v) is 12.3. The summed E-state index contributed by atoms with van der Waals surface area (Å²) in [5.41, 5.74) is 0.000284. The van der Waals surface area contributed by atoms with E-state index in [1.54, 1.807) is 18.2 Å². The number of furan rings is 1. The molecular formula is C28H18ClF3N2O2S. The van der Waals surface area contributed by atoms with Crippen LogP contribution in [0.15, 0.2) is 99.8 Å². The summed E-state index contributed by atoms with van der Waals surface area (Å²) in [4.78, 5) is 19.8. The number of alkyl halides is 3. The fourth-order valence-corrected chi connectivity index (χ4v) is 5.08. The van der Waals surface area contributed by atoms with Crippen LogP contribution in [0, 0.1) is 0 Å². The molecule has 1 fully saturated rings. The average Bonchev–Trinajstić information content (AvgIpc) is 3.44. The molecule has 0 aliphatic carbocycles. The Morgan fingerprint density at radius 2 is 1.84 bits per heavy atom. The van der Waals surface area contributed by atoms with E-state index in [1.165, 1.54) is 28.8 Å². The molecule has 4 aromatic rings. The van der Waals surface area contributed by atoms with E-state index in [-0.39, 0.29) is 28.8 Å². The van der Waals surface area contributed by atoms with Gasteiger partial charge in [0.25, 0.3) is 5.91 Å². The molecule has 0 bridgehead atoms. The first kappa shape index (κ1) is 24.9. The zero-order valence-corrected chi connectivity index (χ0v) is 20.7. The van der Waals surface area contributed by atoms with Crippen molar-refractivity contribution in [2.75, 3.05) is 6.54 Å². The Kier molecular flexibility index (Phi) is 6.70. The van der Waals surface area contributed by atoms with E-state index in [0.717, 1.165) is 28.6 Å². The van der Waals surface area contributed by atoms with Gasteiger partial charge in [0.1, 0.15) is 11.5 Å². The zero-order chi connectivity index (χ0) is 26.2. The number of amides is 1. The molecule has 5 rings (SSSR count). The summed E-state index contributed by atoms with van der Waals surface area (Å²) >= 11 is 7.33. The Labute approximate surface area is 219 Å². The first-order chi connectivity index (χ1) is 17.7. The van der Waals surface area contributed by atoms with E-state index in [1.807, 2.05) is 42.5 Å². The minimum atomic E-state index is -4.52. The summed E-state index contributed by atoms with van der Waals surface area (Å²) < 4.78 is 45.3. The van der Waals surface area contributed by atoms with E-state index in [9.17, 15) is 18.0 Å².